The van der Waals surface area contributed by atoms with Gasteiger partial charge in [-0.05, 0) is 36.6 Å². The monoisotopic (exact) mass is 264 g/mol. The molecule has 94 valence electrons. The third-order valence-electron chi connectivity index (χ3n) is 2.59. The fourth-order valence-corrected chi connectivity index (χ4v) is 2.37. The van der Waals surface area contributed by atoms with Crippen LogP contribution in [0.25, 0.3) is 0 Å². The molecule has 2 aromatic rings. The first-order valence-electron chi connectivity index (χ1n) is 5.47. The zero-order valence-electron chi connectivity index (χ0n) is 9.81. The van der Waals surface area contributed by atoms with Gasteiger partial charge in [-0.2, -0.15) is 0 Å². The van der Waals surface area contributed by atoms with E-state index in [9.17, 15) is 9.18 Å². The number of thiophene rings is 1. The number of rotatable bonds is 4. The number of halogens is 1. The molecule has 1 unspecified atom stereocenters. The molecular formula is C13H13FN2OS. The predicted molar refractivity (Wildman–Crippen MR) is 71.3 cm³/mol. The van der Waals surface area contributed by atoms with Crippen LogP contribution < -0.4 is 11.1 Å². The van der Waals surface area contributed by atoms with Crippen LogP contribution in [0.3, 0.4) is 0 Å². The number of carbonyl (C=O) groups excluding carboxylic acids is 1. The van der Waals surface area contributed by atoms with E-state index in [-0.39, 0.29) is 17.3 Å². The van der Waals surface area contributed by atoms with Crippen molar-refractivity contribution in [3.8, 4) is 0 Å². The summed E-state index contributed by atoms with van der Waals surface area (Å²) in [7, 11) is 0. The molecule has 3 N–H and O–H groups in total. The quantitative estimate of drug-likeness (QED) is 0.891. The molecule has 0 bridgehead atoms. The molecule has 0 aliphatic carbocycles. The molecule has 3 nitrogen and oxygen atoms in total. The van der Waals surface area contributed by atoms with Crippen molar-refractivity contribution in [2.24, 2.45) is 5.73 Å². The molecule has 2 rings (SSSR count). The molecule has 1 aromatic carbocycles. The van der Waals surface area contributed by atoms with E-state index in [4.69, 9.17) is 5.73 Å². The second-order valence-electron chi connectivity index (χ2n) is 3.94. The van der Waals surface area contributed by atoms with Crippen molar-refractivity contribution in [1.82, 2.24) is 0 Å². The largest absolute Gasteiger partial charge is 0.375 e. The van der Waals surface area contributed by atoms with Gasteiger partial charge in [-0.1, -0.05) is 6.07 Å². The number of nitrogens with two attached hydrogens (primary N) is 1. The summed E-state index contributed by atoms with van der Waals surface area (Å²) in [6, 6.07) is 7.93. The number of hydrogen-bond acceptors (Lipinski definition) is 3. The summed E-state index contributed by atoms with van der Waals surface area (Å²) in [6.07, 6.45) is 0. The van der Waals surface area contributed by atoms with E-state index >= 15 is 0 Å². The van der Waals surface area contributed by atoms with Crippen molar-refractivity contribution >= 4 is 22.9 Å². The van der Waals surface area contributed by atoms with Crippen LogP contribution in [0.15, 0.2) is 35.7 Å². The van der Waals surface area contributed by atoms with Gasteiger partial charge in [0, 0.05) is 10.4 Å². The zero-order valence-corrected chi connectivity index (χ0v) is 10.6. The van der Waals surface area contributed by atoms with Gasteiger partial charge < -0.3 is 11.1 Å². The molecule has 1 aromatic heterocycles. The second kappa shape index (κ2) is 5.18. The SMILES string of the molecule is CC(Nc1cc(C(N)=O)ccc1F)c1cccs1. The maximum absolute atomic E-state index is 13.6. The van der Waals surface area contributed by atoms with Crippen LogP contribution >= 0.6 is 11.3 Å². The minimum absolute atomic E-state index is 0.0253. The molecule has 0 radical (unpaired) electrons. The third-order valence-corrected chi connectivity index (χ3v) is 3.65. The highest BCUT2D eigenvalue weighted by Crippen LogP contribution is 2.25. The Kier molecular flexibility index (Phi) is 3.62. The first-order valence-corrected chi connectivity index (χ1v) is 6.35. The van der Waals surface area contributed by atoms with E-state index in [1.54, 1.807) is 11.3 Å². The Hall–Kier alpha value is -1.88. The van der Waals surface area contributed by atoms with Crippen LogP contribution in [0, 0.1) is 5.82 Å². The van der Waals surface area contributed by atoms with Crippen molar-refractivity contribution in [2.75, 3.05) is 5.32 Å². The van der Waals surface area contributed by atoms with Gasteiger partial charge in [0.05, 0.1) is 11.7 Å². The first kappa shape index (κ1) is 12.6. The van der Waals surface area contributed by atoms with Gasteiger partial charge in [0.1, 0.15) is 5.82 Å². The third kappa shape index (κ3) is 2.68. The van der Waals surface area contributed by atoms with Crippen LogP contribution in [-0.4, -0.2) is 5.91 Å². The van der Waals surface area contributed by atoms with E-state index in [1.165, 1.54) is 18.2 Å². The van der Waals surface area contributed by atoms with Crippen LogP contribution in [0.5, 0.6) is 0 Å². The van der Waals surface area contributed by atoms with Crippen molar-refractivity contribution in [3.05, 3.63) is 52.0 Å². The summed E-state index contributed by atoms with van der Waals surface area (Å²) in [6.45, 7) is 1.93. The van der Waals surface area contributed by atoms with E-state index in [0.717, 1.165) is 4.88 Å². The molecular weight excluding hydrogens is 251 g/mol. The number of nitrogens with one attached hydrogen (secondary N) is 1. The summed E-state index contributed by atoms with van der Waals surface area (Å²) in [5.41, 5.74) is 5.74. The summed E-state index contributed by atoms with van der Waals surface area (Å²) >= 11 is 1.59. The van der Waals surface area contributed by atoms with Gasteiger partial charge in [0.25, 0.3) is 0 Å². The number of anilines is 1. The van der Waals surface area contributed by atoms with Crippen LogP contribution in [0.2, 0.25) is 0 Å². The Bertz CT molecular complexity index is 554. The fraction of sp³-hybridized carbons (Fsp3) is 0.154. The van der Waals surface area contributed by atoms with Crippen LogP contribution in [0.1, 0.15) is 28.2 Å². The molecule has 0 fully saturated rings. The van der Waals surface area contributed by atoms with E-state index in [0.29, 0.717) is 0 Å². The van der Waals surface area contributed by atoms with Crippen molar-refractivity contribution in [3.63, 3.8) is 0 Å². The van der Waals surface area contributed by atoms with Gasteiger partial charge in [-0.3, -0.25) is 4.79 Å². The first-order chi connectivity index (χ1) is 8.58. The zero-order chi connectivity index (χ0) is 13.1. The molecule has 0 spiro atoms. The van der Waals surface area contributed by atoms with Crippen LogP contribution in [-0.2, 0) is 0 Å². The maximum Gasteiger partial charge on any atom is 0.248 e. The van der Waals surface area contributed by atoms with Gasteiger partial charge in [0.15, 0.2) is 0 Å². The van der Waals surface area contributed by atoms with Gasteiger partial charge in [-0.15, -0.1) is 11.3 Å². The van der Waals surface area contributed by atoms with Gasteiger partial charge in [0.2, 0.25) is 5.91 Å². The Morgan fingerprint density at radius 3 is 2.83 bits per heavy atom. The summed E-state index contributed by atoms with van der Waals surface area (Å²) in [5.74, 6) is -0.967. The summed E-state index contributed by atoms with van der Waals surface area (Å²) < 4.78 is 13.6. The number of primary amides is 1. The Morgan fingerprint density at radius 1 is 1.44 bits per heavy atom. The van der Waals surface area contributed by atoms with E-state index in [1.807, 2.05) is 24.4 Å². The normalized spacial score (nSPS) is 12.1. The highest BCUT2D eigenvalue weighted by atomic mass is 32.1. The minimum atomic E-state index is -0.568. The highest BCUT2D eigenvalue weighted by molar-refractivity contribution is 7.10. The van der Waals surface area contributed by atoms with Crippen molar-refractivity contribution in [2.45, 2.75) is 13.0 Å². The van der Waals surface area contributed by atoms with Crippen molar-refractivity contribution < 1.29 is 9.18 Å². The number of benzene rings is 1. The average Bonchev–Trinajstić information content (AvgIpc) is 2.85. The molecule has 0 aliphatic heterocycles. The topological polar surface area (TPSA) is 55.1 Å². The number of amides is 1. The van der Waals surface area contributed by atoms with Crippen LogP contribution in [0.4, 0.5) is 10.1 Å². The lowest BCUT2D eigenvalue weighted by Crippen LogP contribution is -2.13. The molecule has 1 heterocycles. The van der Waals surface area contributed by atoms with E-state index < -0.39 is 11.7 Å². The molecule has 18 heavy (non-hydrogen) atoms. The number of hydrogen-bond donors (Lipinski definition) is 2. The molecule has 0 saturated heterocycles. The number of carbonyl (C=O) groups is 1. The highest BCUT2D eigenvalue weighted by Gasteiger charge is 2.11. The van der Waals surface area contributed by atoms with Gasteiger partial charge >= 0.3 is 0 Å². The molecule has 0 aliphatic rings. The fourth-order valence-electron chi connectivity index (χ4n) is 1.63. The lowest BCUT2D eigenvalue weighted by molar-refractivity contribution is 0.100. The Morgan fingerprint density at radius 2 is 2.22 bits per heavy atom. The lowest BCUT2D eigenvalue weighted by atomic mass is 10.1. The maximum atomic E-state index is 13.6. The lowest BCUT2D eigenvalue weighted by Gasteiger charge is -2.14. The van der Waals surface area contributed by atoms with E-state index in [2.05, 4.69) is 5.32 Å². The average molecular weight is 264 g/mol. The smallest absolute Gasteiger partial charge is 0.248 e. The second-order valence-corrected chi connectivity index (χ2v) is 4.92. The summed E-state index contributed by atoms with van der Waals surface area (Å²) in [4.78, 5) is 12.1. The Balaban J connectivity index is 2.23. The molecule has 5 heteroatoms. The molecule has 1 amide bonds. The van der Waals surface area contributed by atoms with Crippen molar-refractivity contribution in [1.29, 1.82) is 0 Å². The Labute approximate surface area is 108 Å². The predicted octanol–water partition coefficient (Wildman–Crippen LogP) is 3.16. The summed E-state index contributed by atoms with van der Waals surface area (Å²) in [5, 5.41) is 5.00. The molecule has 1 atom stereocenters. The van der Waals surface area contributed by atoms with Gasteiger partial charge in [-0.25, -0.2) is 4.39 Å². The molecule has 0 saturated carbocycles. The standard InChI is InChI=1S/C13H13FN2OS/c1-8(12-3-2-6-18-12)16-11-7-9(13(15)17)4-5-10(11)14/h2-8,16H,1H3,(H2,15,17). The minimum Gasteiger partial charge on any atom is -0.375 e.